The quantitative estimate of drug-likeness (QED) is 0.742. The van der Waals surface area contributed by atoms with Gasteiger partial charge in [0.1, 0.15) is 5.82 Å². The summed E-state index contributed by atoms with van der Waals surface area (Å²) >= 11 is 0. The minimum Gasteiger partial charge on any atom is -0.388 e. The lowest BCUT2D eigenvalue weighted by Gasteiger charge is -2.28. The van der Waals surface area contributed by atoms with Gasteiger partial charge in [-0.1, -0.05) is 56.3 Å². The summed E-state index contributed by atoms with van der Waals surface area (Å²) in [5, 5.41) is 14.8. The van der Waals surface area contributed by atoms with E-state index in [9.17, 15) is 5.11 Å². The van der Waals surface area contributed by atoms with Crippen LogP contribution in [0.2, 0.25) is 0 Å². The maximum Gasteiger partial charge on any atom is 0.162 e. The van der Waals surface area contributed by atoms with Gasteiger partial charge in [0.2, 0.25) is 0 Å². The second-order valence-corrected chi connectivity index (χ2v) is 6.64. The van der Waals surface area contributed by atoms with E-state index in [1.807, 2.05) is 75.4 Å². The van der Waals surface area contributed by atoms with E-state index in [0.717, 1.165) is 22.3 Å². The number of aromatic nitrogens is 2. The topological polar surface area (TPSA) is 58.0 Å². The molecule has 0 spiro atoms. The Labute approximate surface area is 142 Å². The number of nitrogens with zero attached hydrogens (tertiary/aromatic N) is 2. The Kier molecular flexibility index (Phi) is 4.49. The largest absolute Gasteiger partial charge is 0.388 e. The minimum atomic E-state index is -0.807. The predicted octanol–water partition coefficient (Wildman–Crippen LogP) is 4.12. The first-order chi connectivity index (χ1) is 11.5. The fourth-order valence-corrected chi connectivity index (χ4v) is 2.39. The number of aliphatic hydroxyl groups is 1. The number of hydrogen-bond acceptors (Lipinski definition) is 4. The number of nitrogens with one attached hydrogen (secondary N) is 1. The fraction of sp³-hybridized carbons (Fsp3) is 0.300. The molecule has 24 heavy (non-hydrogen) atoms. The third-order valence-corrected chi connectivity index (χ3v) is 4.49. The van der Waals surface area contributed by atoms with Gasteiger partial charge in [0.25, 0.3) is 0 Å². The summed E-state index contributed by atoms with van der Waals surface area (Å²) in [6.45, 7) is 6.29. The first kappa shape index (κ1) is 16.4. The molecular formula is C20H23N3O. The van der Waals surface area contributed by atoms with Crippen LogP contribution in [0.3, 0.4) is 0 Å². The van der Waals surface area contributed by atoms with E-state index in [0.29, 0.717) is 12.4 Å². The normalized spacial score (nSPS) is 13.9. The lowest BCUT2D eigenvalue weighted by Crippen LogP contribution is -2.39. The van der Waals surface area contributed by atoms with Gasteiger partial charge in [-0.15, -0.1) is 0 Å². The molecule has 2 N–H and O–H groups in total. The molecule has 0 aliphatic rings. The smallest absolute Gasteiger partial charge is 0.162 e. The van der Waals surface area contributed by atoms with Crippen molar-refractivity contribution in [3.05, 3.63) is 54.6 Å². The van der Waals surface area contributed by atoms with Crippen molar-refractivity contribution in [2.75, 3.05) is 11.9 Å². The Morgan fingerprint density at radius 2 is 1.67 bits per heavy atom. The molecule has 0 bridgehead atoms. The third-order valence-electron chi connectivity index (χ3n) is 4.49. The maximum absolute atomic E-state index is 10.5. The first-order valence-electron chi connectivity index (χ1n) is 8.26. The van der Waals surface area contributed by atoms with Gasteiger partial charge in [0, 0.05) is 17.5 Å². The monoisotopic (exact) mass is 321 g/mol. The van der Waals surface area contributed by atoms with Gasteiger partial charge in [-0.25, -0.2) is 9.97 Å². The molecule has 0 fully saturated rings. The number of benzene rings is 2. The SMILES string of the molecule is CC(C)C(C)(O)CNc1nc(-c2ccccc2)nc2ccccc12. The fourth-order valence-electron chi connectivity index (χ4n) is 2.39. The van der Waals surface area contributed by atoms with Crippen molar-refractivity contribution >= 4 is 16.7 Å². The van der Waals surface area contributed by atoms with E-state index < -0.39 is 5.60 Å². The molecule has 0 saturated carbocycles. The van der Waals surface area contributed by atoms with Crippen molar-refractivity contribution in [2.24, 2.45) is 5.92 Å². The van der Waals surface area contributed by atoms with Gasteiger partial charge in [0.15, 0.2) is 5.82 Å². The highest BCUT2D eigenvalue weighted by Gasteiger charge is 2.25. The Morgan fingerprint density at radius 3 is 2.38 bits per heavy atom. The highest BCUT2D eigenvalue weighted by atomic mass is 16.3. The number of anilines is 1. The Bertz CT molecular complexity index is 829. The molecule has 0 aliphatic heterocycles. The zero-order chi connectivity index (χ0) is 17.2. The van der Waals surface area contributed by atoms with Crippen molar-refractivity contribution < 1.29 is 5.11 Å². The van der Waals surface area contributed by atoms with Gasteiger partial charge in [0.05, 0.1) is 11.1 Å². The zero-order valence-corrected chi connectivity index (χ0v) is 14.3. The van der Waals surface area contributed by atoms with Crippen LogP contribution in [0.15, 0.2) is 54.6 Å². The highest BCUT2D eigenvalue weighted by Crippen LogP contribution is 2.26. The second kappa shape index (κ2) is 6.57. The molecule has 0 aliphatic carbocycles. The van der Waals surface area contributed by atoms with E-state index in [-0.39, 0.29) is 5.92 Å². The van der Waals surface area contributed by atoms with Crippen LogP contribution in [0.1, 0.15) is 20.8 Å². The van der Waals surface area contributed by atoms with Gasteiger partial charge < -0.3 is 10.4 Å². The molecular weight excluding hydrogens is 298 g/mol. The lowest BCUT2D eigenvalue weighted by molar-refractivity contribution is 0.0266. The van der Waals surface area contributed by atoms with Crippen molar-refractivity contribution in [1.82, 2.24) is 9.97 Å². The first-order valence-corrected chi connectivity index (χ1v) is 8.26. The van der Waals surface area contributed by atoms with Crippen LogP contribution < -0.4 is 5.32 Å². The highest BCUT2D eigenvalue weighted by molar-refractivity contribution is 5.90. The summed E-state index contributed by atoms with van der Waals surface area (Å²) in [4.78, 5) is 9.37. The summed E-state index contributed by atoms with van der Waals surface area (Å²) in [6.07, 6.45) is 0. The molecule has 1 unspecified atom stereocenters. The van der Waals surface area contributed by atoms with Crippen LogP contribution in [0, 0.1) is 5.92 Å². The van der Waals surface area contributed by atoms with Crippen LogP contribution >= 0.6 is 0 Å². The van der Waals surface area contributed by atoms with Crippen molar-refractivity contribution in [2.45, 2.75) is 26.4 Å². The van der Waals surface area contributed by atoms with Crippen LogP contribution in [-0.2, 0) is 0 Å². The van der Waals surface area contributed by atoms with Crippen LogP contribution in [0.25, 0.3) is 22.3 Å². The number of fused-ring (bicyclic) bond motifs is 1. The summed E-state index contributed by atoms with van der Waals surface area (Å²) < 4.78 is 0. The lowest BCUT2D eigenvalue weighted by atomic mass is 9.92. The predicted molar refractivity (Wildman–Crippen MR) is 98.9 cm³/mol. The van der Waals surface area contributed by atoms with Crippen molar-refractivity contribution in [1.29, 1.82) is 0 Å². The van der Waals surface area contributed by atoms with Crippen LogP contribution in [0.5, 0.6) is 0 Å². The number of hydrogen-bond donors (Lipinski definition) is 2. The summed E-state index contributed by atoms with van der Waals surface area (Å²) in [5.74, 6) is 1.58. The van der Waals surface area contributed by atoms with Gasteiger partial charge >= 0.3 is 0 Å². The van der Waals surface area contributed by atoms with Crippen molar-refractivity contribution in [3.63, 3.8) is 0 Å². The second-order valence-electron chi connectivity index (χ2n) is 6.64. The van der Waals surface area contributed by atoms with E-state index in [4.69, 9.17) is 4.98 Å². The maximum atomic E-state index is 10.5. The van der Waals surface area contributed by atoms with Crippen LogP contribution in [-0.4, -0.2) is 27.2 Å². The average molecular weight is 321 g/mol. The van der Waals surface area contributed by atoms with Crippen LogP contribution in [0.4, 0.5) is 5.82 Å². The molecule has 0 amide bonds. The zero-order valence-electron chi connectivity index (χ0n) is 14.3. The van der Waals surface area contributed by atoms with Gasteiger partial charge in [-0.3, -0.25) is 0 Å². The molecule has 1 atom stereocenters. The Hall–Kier alpha value is -2.46. The summed E-state index contributed by atoms with van der Waals surface area (Å²) in [5.41, 5.74) is 1.05. The summed E-state index contributed by atoms with van der Waals surface area (Å²) in [6, 6.07) is 17.8. The Morgan fingerprint density at radius 1 is 1.00 bits per heavy atom. The molecule has 4 heteroatoms. The van der Waals surface area contributed by atoms with Gasteiger partial charge in [-0.2, -0.15) is 0 Å². The standard InChI is InChI=1S/C20H23N3O/c1-14(2)20(3,24)13-21-19-16-11-7-8-12-17(16)22-18(23-19)15-9-5-4-6-10-15/h4-12,14,24H,13H2,1-3H3,(H,21,22,23). The average Bonchev–Trinajstić information content (AvgIpc) is 2.60. The van der Waals surface area contributed by atoms with E-state index in [2.05, 4.69) is 10.3 Å². The van der Waals surface area contributed by atoms with E-state index in [1.165, 1.54) is 0 Å². The van der Waals surface area contributed by atoms with Gasteiger partial charge in [-0.05, 0) is 25.0 Å². The molecule has 3 rings (SSSR count). The molecule has 3 aromatic rings. The van der Waals surface area contributed by atoms with E-state index >= 15 is 0 Å². The van der Waals surface area contributed by atoms with Crippen molar-refractivity contribution in [3.8, 4) is 11.4 Å². The molecule has 1 aromatic heterocycles. The molecule has 1 heterocycles. The molecule has 0 radical (unpaired) electrons. The molecule has 0 saturated heterocycles. The molecule has 124 valence electrons. The molecule has 4 nitrogen and oxygen atoms in total. The third kappa shape index (κ3) is 3.39. The number of rotatable bonds is 5. The molecule has 2 aromatic carbocycles. The van der Waals surface area contributed by atoms with E-state index in [1.54, 1.807) is 0 Å². The Balaban J connectivity index is 2.02. The summed E-state index contributed by atoms with van der Waals surface area (Å²) in [7, 11) is 0. The number of para-hydroxylation sites is 1. The minimum absolute atomic E-state index is 0.145.